The van der Waals surface area contributed by atoms with E-state index in [1.807, 2.05) is 0 Å². The topological polar surface area (TPSA) is 63.2 Å². The second-order valence-electron chi connectivity index (χ2n) is 5.31. The van der Waals surface area contributed by atoms with Gasteiger partial charge in [0.25, 0.3) is 0 Å². The van der Waals surface area contributed by atoms with Crippen LogP contribution in [0.5, 0.6) is 0 Å². The molecule has 0 heterocycles. The molecule has 0 saturated heterocycles. The highest BCUT2D eigenvalue weighted by Gasteiger charge is 2.45. The van der Waals surface area contributed by atoms with Gasteiger partial charge < -0.3 is 0 Å². The molecule has 0 radical (unpaired) electrons. The van der Waals surface area contributed by atoms with Crippen LogP contribution in [0.25, 0.3) is 0 Å². The van der Waals surface area contributed by atoms with Crippen molar-refractivity contribution < 1.29 is 13.2 Å². The lowest BCUT2D eigenvalue weighted by molar-refractivity contribution is -0.120. The van der Waals surface area contributed by atoms with Crippen LogP contribution in [0.15, 0.2) is 0 Å². The summed E-state index contributed by atoms with van der Waals surface area (Å²) in [5.74, 6) is 0.120. The van der Waals surface area contributed by atoms with Crippen LogP contribution in [0.2, 0.25) is 0 Å². The number of carbonyl (C=O) groups excluding carboxylic acids is 1. The van der Waals surface area contributed by atoms with Gasteiger partial charge in [-0.15, -0.1) is 0 Å². The Hall–Kier alpha value is -0.580. The van der Waals surface area contributed by atoms with Gasteiger partial charge in [0, 0.05) is 5.92 Å². The van der Waals surface area contributed by atoms with Crippen molar-refractivity contribution in [1.29, 1.82) is 0 Å². The van der Waals surface area contributed by atoms with E-state index in [-0.39, 0.29) is 17.1 Å². The molecule has 2 atom stereocenters. The molecule has 2 rings (SSSR count). The first-order chi connectivity index (χ1) is 8.04. The van der Waals surface area contributed by atoms with Crippen molar-refractivity contribution in [2.75, 3.05) is 0 Å². The summed E-state index contributed by atoms with van der Waals surface area (Å²) in [6.45, 7) is 2.15. The van der Waals surface area contributed by atoms with Crippen LogP contribution < -0.4 is 4.72 Å². The molecule has 0 spiro atoms. The second-order valence-corrected chi connectivity index (χ2v) is 7.27. The van der Waals surface area contributed by atoms with Crippen molar-refractivity contribution >= 4 is 15.9 Å². The maximum atomic E-state index is 11.7. The van der Waals surface area contributed by atoms with Gasteiger partial charge in [0.1, 0.15) is 0 Å². The summed E-state index contributed by atoms with van der Waals surface area (Å²) in [5.41, 5.74) is 0. The molecule has 1 N–H and O–H groups in total. The second kappa shape index (κ2) is 4.96. The molecule has 2 fully saturated rings. The highest BCUT2D eigenvalue weighted by molar-refractivity contribution is 7.90. The number of hydrogen-bond acceptors (Lipinski definition) is 3. The van der Waals surface area contributed by atoms with Crippen LogP contribution in [0.1, 0.15) is 51.9 Å². The van der Waals surface area contributed by atoms with Crippen LogP contribution in [0.4, 0.5) is 0 Å². The Bertz CT molecular complexity index is 387. The molecule has 2 aliphatic rings. The first kappa shape index (κ1) is 12.9. The summed E-state index contributed by atoms with van der Waals surface area (Å²) in [4.78, 5) is 11.7. The fourth-order valence-corrected chi connectivity index (χ4v) is 3.58. The number of amides is 1. The van der Waals surface area contributed by atoms with E-state index in [2.05, 4.69) is 11.6 Å². The van der Waals surface area contributed by atoms with Crippen LogP contribution in [0.3, 0.4) is 0 Å². The van der Waals surface area contributed by atoms with Crippen molar-refractivity contribution in [2.45, 2.75) is 57.1 Å². The van der Waals surface area contributed by atoms with Crippen LogP contribution in [-0.2, 0) is 14.8 Å². The van der Waals surface area contributed by atoms with E-state index in [1.165, 1.54) is 12.8 Å². The van der Waals surface area contributed by atoms with Crippen molar-refractivity contribution in [3.63, 3.8) is 0 Å². The zero-order valence-electron chi connectivity index (χ0n) is 10.3. The highest BCUT2D eigenvalue weighted by atomic mass is 32.2. The average molecular weight is 259 g/mol. The third kappa shape index (κ3) is 3.44. The van der Waals surface area contributed by atoms with Gasteiger partial charge in [-0.25, -0.2) is 8.42 Å². The Morgan fingerprint density at radius 2 is 2.00 bits per heavy atom. The number of nitrogens with one attached hydrogen (secondary N) is 1. The van der Waals surface area contributed by atoms with E-state index in [0.717, 1.165) is 19.3 Å². The molecule has 0 aromatic rings. The lowest BCUT2D eigenvalue weighted by Gasteiger charge is -2.05. The van der Waals surface area contributed by atoms with Crippen LogP contribution >= 0.6 is 0 Å². The van der Waals surface area contributed by atoms with Gasteiger partial charge in [0.2, 0.25) is 15.9 Å². The zero-order chi connectivity index (χ0) is 12.5. The monoisotopic (exact) mass is 259 g/mol. The smallest absolute Gasteiger partial charge is 0.237 e. The Morgan fingerprint density at radius 1 is 1.29 bits per heavy atom. The number of rotatable bonds is 7. The minimum Gasteiger partial charge on any atom is -0.274 e. The quantitative estimate of drug-likeness (QED) is 0.709. The Labute approximate surface area is 103 Å². The van der Waals surface area contributed by atoms with E-state index >= 15 is 0 Å². The molecule has 2 unspecified atom stereocenters. The number of unbranched alkanes of at least 4 members (excludes halogenated alkanes) is 2. The van der Waals surface area contributed by atoms with E-state index in [0.29, 0.717) is 18.8 Å². The highest BCUT2D eigenvalue weighted by Crippen LogP contribution is 2.43. The molecule has 98 valence electrons. The van der Waals surface area contributed by atoms with E-state index in [1.54, 1.807) is 0 Å². The molecule has 1 amide bonds. The van der Waals surface area contributed by atoms with E-state index in [9.17, 15) is 13.2 Å². The molecule has 2 saturated carbocycles. The van der Waals surface area contributed by atoms with Gasteiger partial charge in [-0.3, -0.25) is 9.52 Å². The molecule has 0 bridgehead atoms. The Morgan fingerprint density at radius 3 is 2.59 bits per heavy atom. The minimum absolute atomic E-state index is 0.0413. The Kier molecular flexibility index (Phi) is 3.76. The summed E-state index contributed by atoms with van der Waals surface area (Å²) < 4.78 is 25.4. The third-order valence-electron chi connectivity index (χ3n) is 3.64. The maximum absolute atomic E-state index is 11.7. The molecule has 2 aliphatic carbocycles. The normalized spacial score (nSPS) is 27.8. The van der Waals surface area contributed by atoms with E-state index in [4.69, 9.17) is 0 Å². The summed E-state index contributed by atoms with van der Waals surface area (Å²) >= 11 is 0. The van der Waals surface area contributed by atoms with Crippen molar-refractivity contribution in [1.82, 2.24) is 4.72 Å². The van der Waals surface area contributed by atoms with Crippen LogP contribution in [-0.4, -0.2) is 19.6 Å². The van der Waals surface area contributed by atoms with Gasteiger partial charge in [0.15, 0.2) is 0 Å². The molecular formula is C12H21NO3S. The summed E-state index contributed by atoms with van der Waals surface area (Å²) in [6, 6.07) is 0. The van der Waals surface area contributed by atoms with Gasteiger partial charge >= 0.3 is 0 Å². The zero-order valence-corrected chi connectivity index (χ0v) is 11.1. The summed E-state index contributed by atoms with van der Waals surface area (Å²) in [6.07, 6.45) is 6.87. The summed E-state index contributed by atoms with van der Waals surface area (Å²) in [7, 11) is -3.34. The minimum atomic E-state index is -3.34. The lowest BCUT2D eigenvalue weighted by atomic mass is 10.1. The average Bonchev–Trinajstić information content (AvgIpc) is 3.12. The number of hydrogen-bond donors (Lipinski definition) is 1. The predicted octanol–water partition coefficient (Wildman–Crippen LogP) is 1.81. The fourth-order valence-electron chi connectivity index (χ4n) is 2.22. The van der Waals surface area contributed by atoms with Crippen molar-refractivity contribution in [3.05, 3.63) is 0 Å². The first-order valence-corrected chi connectivity index (χ1v) is 8.14. The van der Waals surface area contributed by atoms with Gasteiger partial charge in [-0.2, -0.15) is 0 Å². The van der Waals surface area contributed by atoms with Crippen LogP contribution in [0, 0.1) is 11.8 Å². The standard InChI is InChI=1S/C12H21NO3S/c1-2-3-4-5-9-8-11(9)12(14)13-17(15,16)10-6-7-10/h9-11H,2-8H2,1H3,(H,13,14). The maximum Gasteiger partial charge on any atom is 0.237 e. The van der Waals surface area contributed by atoms with Gasteiger partial charge in [0.05, 0.1) is 5.25 Å². The largest absolute Gasteiger partial charge is 0.274 e. The molecule has 5 heteroatoms. The molecular weight excluding hydrogens is 238 g/mol. The number of sulfonamides is 1. The Balaban J connectivity index is 1.71. The van der Waals surface area contributed by atoms with Gasteiger partial charge in [-0.1, -0.05) is 26.2 Å². The van der Waals surface area contributed by atoms with Crippen molar-refractivity contribution in [3.8, 4) is 0 Å². The lowest BCUT2D eigenvalue weighted by Crippen LogP contribution is -2.34. The predicted molar refractivity (Wildman–Crippen MR) is 65.8 cm³/mol. The van der Waals surface area contributed by atoms with Crippen molar-refractivity contribution in [2.24, 2.45) is 11.8 Å². The van der Waals surface area contributed by atoms with E-state index < -0.39 is 10.0 Å². The molecule has 4 nitrogen and oxygen atoms in total. The molecule has 0 aromatic heterocycles. The molecule has 0 aromatic carbocycles. The van der Waals surface area contributed by atoms with Gasteiger partial charge in [-0.05, 0) is 31.6 Å². The first-order valence-electron chi connectivity index (χ1n) is 6.60. The number of carbonyl (C=O) groups is 1. The molecule has 0 aliphatic heterocycles. The SMILES string of the molecule is CCCCCC1CC1C(=O)NS(=O)(=O)C1CC1. The summed E-state index contributed by atoms with van der Waals surface area (Å²) in [5, 5.41) is -0.302. The fraction of sp³-hybridized carbons (Fsp3) is 0.917. The molecule has 17 heavy (non-hydrogen) atoms. The third-order valence-corrected chi connectivity index (χ3v) is 5.48.